The quantitative estimate of drug-likeness (QED) is 0.644. The lowest BCUT2D eigenvalue weighted by Gasteiger charge is -2.27. The molecule has 3 atom stereocenters. The van der Waals surface area contributed by atoms with Crippen molar-refractivity contribution < 1.29 is 5.11 Å². The van der Waals surface area contributed by atoms with E-state index in [1.54, 1.807) is 0 Å². The lowest BCUT2D eigenvalue weighted by molar-refractivity contribution is 0.369. The van der Waals surface area contributed by atoms with Gasteiger partial charge in [0.2, 0.25) is 0 Å². The van der Waals surface area contributed by atoms with Crippen molar-refractivity contribution in [2.45, 2.75) is 17.7 Å². The molecule has 0 heterocycles. The van der Waals surface area contributed by atoms with Crippen LogP contribution in [0.4, 0.5) is 0 Å². The molecule has 0 fully saturated rings. The molecule has 2 aliphatic rings. The van der Waals surface area contributed by atoms with E-state index in [4.69, 9.17) is 11.6 Å². The molecule has 0 amide bonds. The summed E-state index contributed by atoms with van der Waals surface area (Å²) in [5.41, 5.74) is 2.39. The Morgan fingerprint density at radius 3 is 2.71 bits per heavy atom. The maximum Gasteiger partial charge on any atom is 0.0961 e. The fourth-order valence-corrected chi connectivity index (χ4v) is 2.97. The second-order valence-electron chi connectivity index (χ2n) is 4.07. The molecule has 72 valence electrons. The molecule has 1 N–H and O–H groups in total. The van der Waals surface area contributed by atoms with Gasteiger partial charge in [0.05, 0.1) is 11.1 Å². The van der Waals surface area contributed by atoms with Crippen LogP contribution >= 0.6 is 11.6 Å². The molecule has 0 spiro atoms. The third-order valence-corrected chi connectivity index (χ3v) is 3.85. The first-order chi connectivity index (χ1) is 6.77. The number of alkyl halides is 1. The molecule has 1 aromatic carbocycles. The fourth-order valence-electron chi connectivity index (χ4n) is 2.60. The van der Waals surface area contributed by atoms with Gasteiger partial charge in [0.1, 0.15) is 0 Å². The Hall–Kier alpha value is -0.950. The largest absolute Gasteiger partial charge is 0.512 e. The average molecular weight is 207 g/mol. The first-order valence-corrected chi connectivity index (χ1v) is 5.34. The maximum absolute atomic E-state index is 9.77. The van der Waals surface area contributed by atoms with E-state index < -0.39 is 0 Å². The minimum atomic E-state index is 0.0344. The van der Waals surface area contributed by atoms with Crippen molar-refractivity contribution in [3.05, 3.63) is 47.2 Å². The number of hydrogen-bond donors (Lipinski definition) is 1. The second kappa shape index (κ2) is 2.77. The highest BCUT2D eigenvalue weighted by Gasteiger charge is 2.39. The average Bonchev–Trinajstić information content (AvgIpc) is 2.55. The van der Waals surface area contributed by atoms with E-state index in [1.165, 1.54) is 11.1 Å². The van der Waals surface area contributed by atoms with Crippen LogP contribution in [0.1, 0.15) is 28.8 Å². The van der Waals surface area contributed by atoms with Crippen LogP contribution in [0.5, 0.6) is 0 Å². The molecule has 0 unspecified atom stereocenters. The molecular formula is C12H11ClO. The van der Waals surface area contributed by atoms with E-state index in [2.05, 4.69) is 12.1 Å². The van der Waals surface area contributed by atoms with Gasteiger partial charge < -0.3 is 5.11 Å². The summed E-state index contributed by atoms with van der Waals surface area (Å²) in [5, 5.41) is 9.80. The second-order valence-corrected chi connectivity index (χ2v) is 4.54. The Labute approximate surface area is 88.0 Å². The van der Waals surface area contributed by atoms with E-state index in [0.29, 0.717) is 11.7 Å². The summed E-state index contributed by atoms with van der Waals surface area (Å²) in [7, 11) is 0. The van der Waals surface area contributed by atoms with Crippen LogP contribution in [0.15, 0.2) is 36.1 Å². The third-order valence-electron chi connectivity index (χ3n) is 3.29. The highest BCUT2D eigenvalue weighted by Crippen LogP contribution is 2.51. The maximum atomic E-state index is 9.77. The van der Waals surface area contributed by atoms with E-state index in [9.17, 15) is 5.11 Å². The summed E-state index contributed by atoms with van der Waals surface area (Å²) in [6.07, 6.45) is 2.89. The summed E-state index contributed by atoms with van der Waals surface area (Å²) in [5.74, 6) is 1.02. The van der Waals surface area contributed by atoms with Crippen molar-refractivity contribution in [2.24, 2.45) is 5.92 Å². The van der Waals surface area contributed by atoms with Crippen molar-refractivity contribution in [1.82, 2.24) is 0 Å². The van der Waals surface area contributed by atoms with Crippen molar-refractivity contribution in [3.8, 4) is 0 Å². The standard InChI is InChI=1S/C12H11ClO/c13-12-7-5-10(11(14)6-7)8-3-1-2-4-9(8)12/h1-4,6-7,10,12,14H,5H2/t7-,10+,12-/m1/s1. The van der Waals surface area contributed by atoms with Crippen LogP contribution in [0.2, 0.25) is 0 Å². The Kier molecular flexibility index (Phi) is 1.65. The van der Waals surface area contributed by atoms with Gasteiger partial charge in [-0.3, -0.25) is 0 Å². The van der Waals surface area contributed by atoms with Crippen LogP contribution in [-0.2, 0) is 0 Å². The van der Waals surface area contributed by atoms with Gasteiger partial charge in [0, 0.05) is 11.8 Å². The van der Waals surface area contributed by atoms with Crippen molar-refractivity contribution in [2.75, 3.05) is 0 Å². The minimum Gasteiger partial charge on any atom is -0.512 e. The van der Waals surface area contributed by atoms with Gasteiger partial charge in [0.25, 0.3) is 0 Å². The zero-order chi connectivity index (χ0) is 9.71. The normalized spacial score (nSPS) is 33.8. The molecule has 3 rings (SSSR count). The SMILES string of the molecule is OC1=C[C@H]2C[C@H]1c1ccccc1[C@@H]2Cl. The van der Waals surface area contributed by atoms with Gasteiger partial charge in [-0.1, -0.05) is 24.3 Å². The molecule has 0 aromatic heterocycles. The van der Waals surface area contributed by atoms with Crippen molar-refractivity contribution in [3.63, 3.8) is 0 Å². The summed E-state index contributed by atoms with van der Waals surface area (Å²) >= 11 is 6.35. The molecule has 2 aliphatic carbocycles. The predicted molar refractivity (Wildman–Crippen MR) is 56.6 cm³/mol. The number of rotatable bonds is 0. The zero-order valence-electron chi connectivity index (χ0n) is 7.65. The van der Waals surface area contributed by atoms with E-state index in [0.717, 1.165) is 6.42 Å². The van der Waals surface area contributed by atoms with Gasteiger partial charge in [-0.2, -0.15) is 0 Å². The van der Waals surface area contributed by atoms with Gasteiger partial charge in [-0.25, -0.2) is 0 Å². The van der Waals surface area contributed by atoms with Gasteiger partial charge in [-0.15, -0.1) is 11.6 Å². The monoisotopic (exact) mass is 206 g/mol. The van der Waals surface area contributed by atoms with Gasteiger partial charge in [-0.05, 0) is 23.6 Å². The predicted octanol–water partition coefficient (Wildman–Crippen LogP) is 3.53. The van der Waals surface area contributed by atoms with Crippen LogP contribution in [0.3, 0.4) is 0 Å². The Morgan fingerprint density at radius 2 is 1.93 bits per heavy atom. The zero-order valence-corrected chi connectivity index (χ0v) is 8.41. The van der Waals surface area contributed by atoms with E-state index in [1.807, 2.05) is 18.2 Å². The summed E-state index contributed by atoms with van der Waals surface area (Å²) in [6, 6.07) is 8.16. The van der Waals surface area contributed by atoms with E-state index >= 15 is 0 Å². The summed E-state index contributed by atoms with van der Waals surface area (Å²) in [4.78, 5) is 0. The fraction of sp³-hybridized carbons (Fsp3) is 0.333. The molecular weight excluding hydrogens is 196 g/mol. The molecule has 2 bridgehead atoms. The highest BCUT2D eigenvalue weighted by atomic mass is 35.5. The number of allylic oxidation sites excluding steroid dienone is 2. The highest BCUT2D eigenvalue weighted by molar-refractivity contribution is 6.21. The number of fused-ring (bicyclic) bond motifs is 4. The van der Waals surface area contributed by atoms with Gasteiger partial charge >= 0.3 is 0 Å². The Morgan fingerprint density at radius 1 is 1.21 bits per heavy atom. The van der Waals surface area contributed by atoms with Crippen LogP contribution in [-0.4, -0.2) is 5.11 Å². The Bertz CT molecular complexity index is 411. The molecule has 14 heavy (non-hydrogen) atoms. The molecule has 2 heteroatoms. The van der Waals surface area contributed by atoms with Crippen LogP contribution < -0.4 is 0 Å². The number of benzene rings is 1. The van der Waals surface area contributed by atoms with Crippen LogP contribution in [0.25, 0.3) is 0 Å². The topological polar surface area (TPSA) is 20.2 Å². The van der Waals surface area contributed by atoms with Crippen molar-refractivity contribution >= 4 is 11.6 Å². The smallest absolute Gasteiger partial charge is 0.0961 e. The molecule has 0 aliphatic heterocycles. The molecule has 0 saturated carbocycles. The summed E-state index contributed by atoms with van der Waals surface area (Å²) < 4.78 is 0. The van der Waals surface area contributed by atoms with Gasteiger partial charge in [0.15, 0.2) is 0 Å². The lowest BCUT2D eigenvalue weighted by Crippen LogP contribution is -2.14. The molecule has 0 saturated heterocycles. The Balaban J connectivity index is 2.21. The first-order valence-electron chi connectivity index (χ1n) is 4.91. The first kappa shape index (κ1) is 8.37. The number of aliphatic hydroxyl groups is 1. The summed E-state index contributed by atoms with van der Waals surface area (Å²) in [6.45, 7) is 0. The molecule has 1 nitrogen and oxygen atoms in total. The number of hydrogen-bond acceptors (Lipinski definition) is 1. The molecule has 0 radical (unpaired) electrons. The molecule has 1 aromatic rings. The lowest BCUT2D eigenvalue weighted by atomic mass is 9.81. The van der Waals surface area contributed by atoms with E-state index in [-0.39, 0.29) is 11.3 Å². The number of halogens is 1. The number of aliphatic hydroxyl groups excluding tert-OH is 1. The minimum absolute atomic E-state index is 0.0344. The van der Waals surface area contributed by atoms with Crippen molar-refractivity contribution in [1.29, 1.82) is 0 Å². The third kappa shape index (κ3) is 0.963. The van der Waals surface area contributed by atoms with Crippen LogP contribution in [0, 0.1) is 5.92 Å².